The summed E-state index contributed by atoms with van der Waals surface area (Å²) in [5.74, 6) is -13.2. The first-order valence-corrected chi connectivity index (χ1v) is 40.4. The molecule has 0 aliphatic heterocycles. The number of phenolic OH excluding ortho intramolecular Hbond substituents is 1. The third-order valence-corrected chi connectivity index (χ3v) is 19.6. The smallest absolute Gasteiger partial charge is 0.268 e. The van der Waals surface area contributed by atoms with Crippen molar-refractivity contribution in [1.29, 1.82) is 0 Å². The molecule has 1 rings (SSSR count). The Kier molecular flexibility index (Phi) is 48.0. The highest BCUT2D eigenvalue weighted by Gasteiger charge is 2.40. The highest BCUT2D eigenvalue weighted by Crippen LogP contribution is 2.19. The second-order valence-electron chi connectivity index (χ2n) is 32.3. The van der Waals surface area contributed by atoms with Gasteiger partial charge < -0.3 is 102 Å². The fraction of sp³-hybridized carbons (Fsp3) is 0.738. The summed E-state index contributed by atoms with van der Waals surface area (Å²) in [6.45, 7) is 33.4. The number of carbonyl (C=O) groups excluding carboxylic acids is 13. The number of aromatic hydroxyl groups is 1. The van der Waals surface area contributed by atoms with Gasteiger partial charge in [0.05, 0.1) is 12.6 Å². The molecule has 1 aromatic rings. The number of aliphatic hydroxyl groups is 2. The maximum atomic E-state index is 14.7. The van der Waals surface area contributed by atoms with Crippen LogP contribution >= 0.6 is 0 Å². The molecule has 0 bridgehead atoms. The van der Waals surface area contributed by atoms with Gasteiger partial charge in [-0.3, -0.25) is 62.3 Å². The lowest BCUT2D eigenvalue weighted by Gasteiger charge is -2.31. The number of benzene rings is 1. The maximum absolute atomic E-state index is 14.7. The van der Waals surface area contributed by atoms with E-state index in [-0.39, 0.29) is 113 Å². The van der Waals surface area contributed by atoms with E-state index in [0.29, 0.717) is 44.1 Å². The number of nitrogens with two attached hydrogens (primary N) is 3. The molecule has 32 heteroatoms. The standard InChI is InChI=1S/C80H142N16O16/c1-20-50(18)66(96-71(103)57(30-27-37-83)86-72(104)58(38-43(4)5)88-68(100)54(22-3)84-80(112)67(99)51(19)21-2)79(111)95-65(49(16)17)78(110)94-64(48(14)15)76(108)87-56(29-24-26-36-82)70(102)93-63(47(12)13)77(109)91-60(40-45(8)9)73(105)85-55(28-23-25-35-81)69(101)90-61(41-52-31-33-53(98)34-32-52)75(107)89-59(39-44(6)7)74(106)92-62(42-97)46(10)11/h22,31-34,43-51,55-67,97-99H,20-21,23-30,35-42,81-83H2,1-19H3,(H,84,112)(H,85,105)(H,86,104)(H,87,108)(H,88,100)(H,89,107)(H,90,101)(H,91,109)(H,92,106)(H,93,102)(H,94,110)(H,95,111)(H,96,103)/t50-,51-,55-,56+,57+,58-,59-,60+,61+,62+,63-,64-,65-,66-,67-/m0/s1. The van der Waals surface area contributed by atoms with E-state index < -0.39 is 185 Å². The lowest BCUT2D eigenvalue weighted by molar-refractivity contribution is -0.137. The Balaban J connectivity index is 3.65. The van der Waals surface area contributed by atoms with Gasteiger partial charge >= 0.3 is 0 Å². The molecule has 0 saturated heterocycles. The number of nitrogens with one attached hydrogen (secondary N) is 13. The molecule has 13 amide bonds. The summed E-state index contributed by atoms with van der Waals surface area (Å²) in [7, 11) is 0. The highest BCUT2D eigenvalue weighted by atomic mass is 16.3. The molecule has 0 radical (unpaired) electrons. The van der Waals surface area contributed by atoms with E-state index in [1.54, 1.807) is 81.4 Å². The van der Waals surface area contributed by atoms with Crippen LogP contribution in [0.25, 0.3) is 0 Å². The quantitative estimate of drug-likeness (QED) is 0.0327. The van der Waals surface area contributed by atoms with Crippen molar-refractivity contribution < 1.29 is 77.6 Å². The van der Waals surface area contributed by atoms with Crippen LogP contribution in [-0.4, -0.2) is 197 Å². The van der Waals surface area contributed by atoms with Crippen LogP contribution < -0.4 is 86.3 Å². The molecule has 0 fully saturated rings. The zero-order valence-corrected chi connectivity index (χ0v) is 70.2. The molecular formula is C80H142N16O16. The number of hydrogen-bond donors (Lipinski definition) is 19. The van der Waals surface area contributed by atoms with Gasteiger partial charge in [-0.25, -0.2) is 0 Å². The summed E-state index contributed by atoms with van der Waals surface area (Å²) in [5, 5.41) is 66.4. The average molecular weight is 1580 g/mol. The van der Waals surface area contributed by atoms with Gasteiger partial charge in [0.25, 0.3) is 11.8 Å². The molecule has 0 aliphatic carbocycles. The van der Waals surface area contributed by atoms with Crippen LogP contribution in [0.4, 0.5) is 0 Å². The minimum atomic E-state index is -1.40. The molecule has 22 N–H and O–H groups in total. The minimum Gasteiger partial charge on any atom is -0.508 e. The van der Waals surface area contributed by atoms with Gasteiger partial charge in [0.1, 0.15) is 84.0 Å². The van der Waals surface area contributed by atoms with E-state index >= 15 is 0 Å². The number of rotatable bonds is 54. The van der Waals surface area contributed by atoms with Crippen molar-refractivity contribution in [3.63, 3.8) is 0 Å². The summed E-state index contributed by atoms with van der Waals surface area (Å²) in [5.41, 5.74) is 18.0. The highest BCUT2D eigenvalue weighted by molar-refractivity contribution is 6.02. The number of amides is 13. The molecule has 0 saturated carbocycles. The molecular weight excluding hydrogens is 1440 g/mol. The number of carbonyl (C=O) groups is 13. The fourth-order valence-corrected chi connectivity index (χ4v) is 12.1. The van der Waals surface area contributed by atoms with Gasteiger partial charge in [-0.2, -0.15) is 0 Å². The molecule has 0 spiro atoms. The lowest BCUT2D eigenvalue weighted by Crippen LogP contribution is -2.62. The zero-order valence-electron chi connectivity index (χ0n) is 70.2. The van der Waals surface area contributed by atoms with Gasteiger partial charge in [0.15, 0.2) is 0 Å². The van der Waals surface area contributed by atoms with Crippen molar-refractivity contribution in [3.8, 4) is 5.75 Å². The molecule has 15 atom stereocenters. The van der Waals surface area contributed by atoms with Crippen LogP contribution in [-0.2, 0) is 68.7 Å². The van der Waals surface area contributed by atoms with Crippen LogP contribution in [0.5, 0.6) is 5.75 Å². The number of phenols is 1. The van der Waals surface area contributed by atoms with Crippen molar-refractivity contribution in [2.45, 2.75) is 300 Å². The Morgan fingerprint density at radius 2 is 0.696 bits per heavy atom. The van der Waals surface area contributed by atoms with E-state index in [0.717, 1.165) is 0 Å². The monoisotopic (exact) mass is 1580 g/mol. The van der Waals surface area contributed by atoms with Crippen molar-refractivity contribution in [2.75, 3.05) is 26.2 Å². The molecule has 112 heavy (non-hydrogen) atoms. The number of allylic oxidation sites excluding steroid dienone is 1. The molecule has 1 aromatic carbocycles. The average Bonchev–Trinajstić information content (AvgIpc) is 0.846. The number of hydrogen-bond acceptors (Lipinski definition) is 19. The van der Waals surface area contributed by atoms with Crippen molar-refractivity contribution in [1.82, 2.24) is 69.1 Å². The topological polar surface area (TPSA) is 517 Å². The van der Waals surface area contributed by atoms with E-state index in [4.69, 9.17) is 17.2 Å². The zero-order chi connectivity index (χ0) is 85.4. The van der Waals surface area contributed by atoms with Crippen molar-refractivity contribution >= 4 is 76.8 Å². The summed E-state index contributed by atoms with van der Waals surface area (Å²) in [4.78, 5) is 186. The normalized spacial score (nSPS) is 15.8. The molecule has 0 heterocycles. The van der Waals surface area contributed by atoms with Gasteiger partial charge in [0.2, 0.25) is 65.0 Å². The SMILES string of the molecule is CC=C(NC(=O)[C@@H](O)[C@@H](C)CC)C(=O)N[C@@H](CC(C)C)C(=O)N[C@H](CCCN)C(=O)N[C@H](C(=O)N[C@H](C(=O)N[C@H](C(=O)N[C@H](CCCCN)C(=O)N[C@H](C(=O)N[C@H](CC(C)C)C(=O)N[C@@H](CCCCN)C(=O)N[C@H](Cc1ccc(O)cc1)C(=O)N[C@@H](CC(C)C)C(=O)N[C@H](CO)C(C)C)C(C)C)C(C)C)C(C)C)[C@@H](C)CC. The van der Waals surface area contributed by atoms with Gasteiger partial charge in [-0.05, 0) is 168 Å². The van der Waals surface area contributed by atoms with Crippen LogP contribution in [0.2, 0.25) is 0 Å². The fourth-order valence-electron chi connectivity index (χ4n) is 12.1. The van der Waals surface area contributed by atoms with Crippen LogP contribution in [0.1, 0.15) is 221 Å². The van der Waals surface area contributed by atoms with Gasteiger partial charge in [-0.15, -0.1) is 0 Å². The Bertz CT molecular complexity index is 3170. The second kappa shape index (κ2) is 52.9. The largest absolute Gasteiger partial charge is 0.508 e. The molecule has 32 nitrogen and oxygen atoms in total. The summed E-state index contributed by atoms with van der Waals surface area (Å²) in [6.07, 6.45) is 2.98. The Hall–Kier alpha value is -8.33. The third-order valence-electron chi connectivity index (χ3n) is 19.6. The van der Waals surface area contributed by atoms with Gasteiger partial charge in [0, 0.05) is 6.42 Å². The van der Waals surface area contributed by atoms with E-state index in [1.165, 1.54) is 25.1 Å². The second-order valence-corrected chi connectivity index (χ2v) is 32.3. The van der Waals surface area contributed by atoms with Crippen molar-refractivity contribution in [2.24, 2.45) is 70.5 Å². The molecule has 0 aliphatic rings. The number of aliphatic hydroxyl groups excluding tert-OH is 2. The Labute approximate surface area is 664 Å². The summed E-state index contributed by atoms with van der Waals surface area (Å²) in [6, 6.07) is -8.64. The first-order chi connectivity index (χ1) is 52.6. The van der Waals surface area contributed by atoms with Gasteiger partial charge in [-0.1, -0.05) is 156 Å². The first-order valence-electron chi connectivity index (χ1n) is 40.4. The maximum Gasteiger partial charge on any atom is 0.268 e. The lowest BCUT2D eigenvalue weighted by atomic mass is 9.95. The van der Waals surface area contributed by atoms with E-state index in [1.807, 2.05) is 55.4 Å². The number of unbranched alkanes of at least 4 members (excludes halogenated alkanes) is 2. The summed E-state index contributed by atoms with van der Waals surface area (Å²) < 4.78 is 0. The van der Waals surface area contributed by atoms with Crippen LogP contribution in [0, 0.1) is 53.3 Å². The Morgan fingerprint density at radius 3 is 1.08 bits per heavy atom. The van der Waals surface area contributed by atoms with Crippen LogP contribution in [0.15, 0.2) is 36.0 Å². The van der Waals surface area contributed by atoms with E-state index in [2.05, 4.69) is 69.1 Å². The molecule has 0 unspecified atom stereocenters. The third kappa shape index (κ3) is 36.7. The minimum absolute atomic E-state index is 0.0213. The van der Waals surface area contributed by atoms with Crippen LogP contribution in [0.3, 0.4) is 0 Å². The first kappa shape index (κ1) is 102. The van der Waals surface area contributed by atoms with Crippen molar-refractivity contribution in [3.05, 3.63) is 41.6 Å². The molecule has 0 aromatic heterocycles. The summed E-state index contributed by atoms with van der Waals surface area (Å²) >= 11 is 0. The predicted molar refractivity (Wildman–Crippen MR) is 431 cm³/mol. The van der Waals surface area contributed by atoms with E-state index in [9.17, 15) is 77.6 Å². The molecule has 638 valence electrons. The predicted octanol–water partition coefficient (Wildman–Crippen LogP) is 1.98. The Morgan fingerprint density at radius 1 is 0.375 bits per heavy atom.